The number of halogens is 2. The lowest BCUT2D eigenvalue weighted by Crippen LogP contribution is -1.95. The molecule has 0 aliphatic carbocycles. The van der Waals surface area contributed by atoms with E-state index in [1.165, 1.54) is 18.3 Å². The zero-order valence-electron chi connectivity index (χ0n) is 9.96. The van der Waals surface area contributed by atoms with Crippen molar-refractivity contribution in [3.05, 3.63) is 62.3 Å². The van der Waals surface area contributed by atoms with E-state index >= 15 is 0 Å². The molecule has 8 heteroatoms. The summed E-state index contributed by atoms with van der Waals surface area (Å²) in [6.07, 6.45) is 2.68. The maximum absolute atomic E-state index is 10.5. The first-order valence-electron chi connectivity index (χ1n) is 5.41. The average molecular weight is 311 g/mol. The quantitative estimate of drug-likeness (QED) is 0.530. The molecular weight excluding hydrogens is 303 g/mol. The highest BCUT2D eigenvalue weighted by molar-refractivity contribution is 6.42. The van der Waals surface area contributed by atoms with Crippen molar-refractivity contribution in [2.45, 2.75) is 0 Å². The fraction of sp³-hybridized carbons (Fsp3) is 0. The Morgan fingerprint density at radius 1 is 1.25 bits per heavy atom. The van der Waals surface area contributed by atoms with Gasteiger partial charge in [0.25, 0.3) is 5.69 Å². The normalized spacial score (nSPS) is 10.7. The van der Waals surface area contributed by atoms with Crippen molar-refractivity contribution in [2.75, 3.05) is 5.43 Å². The van der Waals surface area contributed by atoms with Crippen LogP contribution in [0.15, 0.2) is 41.6 Å². The molecule has 1 N–H and O–H groups in total. The summed E-state index contributed by atoms with van der Waals surface area (Å²) in [7, 11) is 0. The van der Waals surface area contributed by atoms with Crippen LogP contribution in [0.2, 0.25) is 10.0 Å². The van der Waals surface area contributed by atoms with E-state index < -0.39 is 4.92 Å². The summed E-state index contributed by atoms with van der Waals surface area (Å²) < 4.78 is 0. The second-order valence-corrected chi connectivity index (χ2v) is 4.52. The van der Waals surface area contributed by atoms with Crippen molar-refractivity contribution in [1.29, 1.82) is 0 Å². The molecule has 6 nitrogen and oxygen atoms in total. The number of pyridine rings is 1. The topological polar surface area (TPSA) is 80.4 Å². The van der Waals surface area contributed by atoms with Gasteiger partial charge < -0.3 is 0 Å². The van der Waals surface area contributed by atoms with Gasteiger partial charge in [-0.2, -0.15) is 5.10 Å². The molecule has 0 spiro atoms. The summed E-state index contributed by atoms with van der Waals surface area (Å²) in [5.41, 5.74) is 3.33. The summed E-state index contributed by atoms with van der Waals surface area (Å²) in [5.74, 6) is 0.395. The van der Waals surface area contributed by atoms with E-state index in [0.29, 0.717) is 15.9 Å². The van der Waals surface area contributed by atoms with Crippen LogP contribution in [0.4, 0.5) is 11.5 Å². The van der Waals surface area contributed by atoms with Crippen LogP contribution in [-0.4, -0.2) is 16.1 Å². The molecule has 102 valence electrons. The van der Waals surface area contributed by atoms with Crippen molar-refractivity contribution in [1.82, 2.24) is 4.98 Å². The monoisotopic (exact) mass is 310 g/mol. The van der Waals surface area contributed by atoms with E-state index in [1.54, 1.807) is 18.2 Å². The van der Waals surface area contributed by atoms with E-state index in [-0.39, 0.29) is 5.69 Å². The molecule has 20 heavy (non-hydrogen) atoms. The largest absolute Gasteiger partial charge is 0.287 e. The number of hydrogen-bond acceptors (Lipinski definition) is 5. The zero-order valence-corrected chi connectivity index (χ0v) is 11.5. The smallest absolute Gasteiger partial charge is 0.261 e. The number of anilines is 1. The predicted octanol–water partition coefficient (Wildman–Crippen LogP) is 3.74. The van der Waals surface area contributed by atoms with Gasteiger partial charge in [0, 0.05) is 6.07 Å². The maximum atomic E-state index is 10.5. The fourth-order valence-electron chi connectivity index (χ4n) is 1.33. The number of nitro groups is 1. The Morgan fingerprint density at radius 3 is 2.65 bits per heavy atom. The van der Waals surface area contributed by atoms with Gasteiger partial charge in [-0.25, -0.2) is 4.98 Å². The van der Waals surface area contributed by atoms with Gasteiger partial charge in [0.15, 0.2) is 0 Å². The summed E-state index contributed by atoms with van der Waals surface area (Å²) in [6, 6.07) is 7.88. The first-order chi connectivity index (χ1) is 9.56. The Kier molecular flexibility index (Phi) is 4.49. The van der Waals surface area contributed by atoms with Gasteiger partial charge in [-0.05, 0) is 23.8 Å². The molecule has 1 aromatic carbocycles. The van der Waals surface area contributed by atoms with Crippen LogP contribution in [0.3, 0.4) is 0 Å². The van der Waals surface area contributed by atoms with Gasteiger partial charge in [-0.1, -0.05) is 29.3 Å². The van der Waals surface area contributed by atoms with Crippen molar-refractivity contribution in [3.63, 3.8) is 0 Å². The second-order valence-electron chi connectivity index (χ2n) is 3.70. The molecule has 1 aromatic heterocycles. The lowest BCUT2D eigenvalue weighted by Gasteiger charge is -1.99. The van der Waals surface area contributed by atoms with Gasteiger partial charge >= 0.3 is 0 Å². The number of nitrogens with one attached hydrogen (secondary N) is 1. The average Bonchev–Trinajstić information content (AvgIpc) is 2.43. The summed E-state index contributed by atoms with van der Waals surface area (Å²) in [6.45, 7) is 0. The van der Waals surface area contributed by atoms with Gasteiger partial charge in [0.2, 0.25) is 0 Å². The number of benzene rings is 1. The van der Waals surface area contributed by atoms with Crippen LogP contribution in [0.25, 0.3) is 0 Å². The number of rotatable bonds is 4. The Morgan fingerprint density at radius 2 is 2.05 bits per heavy atom. The third-order valence-electron chi connectivity index (χ3n) is 2.30. The first-order valence-corrected chi connectivity index (χ1v) is 6.16. The molecule has 0 radical (unpaired) electrons. The van der Waals surface area contributed by atoms with Crippen molar-refractivity contribution in [3.8, 4) is 0 Å². The highest BCUT2D eigenvalue weighted by atomic mass is 35.5. The van der Waals surface area contributed by atoms with E-state index in [9.17, 15) is 10.1 Å². The van der Waals surface area contributed by atoms with Crippen LogP contribution < -0.4 is 5.43 Å². The molecule has 1 heterocycles. The zero-order chi connectivity index (χ0) is 14.5. The lowest BCUT2D eigenvalue weighted by molar-refractivity contribution is -0.385. The molecule has 0 amide bonds. The lowest BCUT2D eigenvalue weighted by atomic mass is 10.2. The van der Waals surface area contributed by atoms with Crippen LogP contribution in [0.1, 0.15) is 5.56 Å². The van der Waals surface area contributed by atoms with Gasteiger partial charge in [-0.3, -0.25) is 15.5 Å². The second kappa shape index (κ2) is 6.31. The molecule has 0 aliphatic rings. The highest BCUT2D eigenvalue weighted by Crippen LogP contribution is 2.21. The van der Waals surface area contributed by atoms with Crippen LogP contribution >= 0.6 is 23.2 Å². The number of nitrogens with zero attached hydrogens (tertiary/aromatic N) is 3. The highest BCUT2D eigenvalue weighted by Gasteiger charge is 2.04. The van der Waals surface area contributed by atoms with E-state index in [0.717, 1.165) is 11.8 Å². The number of hydrogen-bond donors (Lipinski definition) is 1. The molecule has 0 atom stereocenters. The Balaban J connectivity index is 2.02. The van der Waals surface area contributed by atoms with E-state index in [2.05, 4.69) is 15.5 Å². The Hall–Kier alpha value is -2.18. The Labute approximate surface area is 124 Å². The molecule has 0 bridgehead atoms. The van der Waals surface area contributed by atoms with Gasteiger partial charge in [0.05, 0.1) is 21.2 Å². The third kappa shape index (κ3) is 3.66. The summed E-state index contributed by atoms with van der Waals surface area (Å²) in [5, 5.41) is 15.3. The molecule has 0 saturated carbocycles. The standard InChI is InChI=1S/C12H8Cl2N4O2/c13-10-3-1-8(5-11(10)14)6-16-17-12-4-2-9(7-15-12)18(19)20/h1-7H,(H,15,17)/b16-6-. The summed E-state index contributed by atoms with van der Waals surface area (Å²) in [4.78, 5) is 13.8. The molecule has 0 aliphatic heterocycles. The predicted molar refractivity (Wildman–Crippen MR) is 78.6 cm³/mol. The first kappa shape index (κ1) is 14.2. The van der Waals surface area contributed by atoms with E-state index in [1.807, 2.05) is 0 Å². The van der Waals surface area contributed by atoms with E-state index in [4.69, 9.17) is 23.2 Å². The Bertz CT molecular complexity index is 659. The molecule has 0 unspecified atom stereocenters. The van der Waals surface area contributed by atoms with Gasteiger partial charge in [-0.15, -0.1) is 0 Å². The molecule has 2 rings (SSSR count). The molecule has 2 aromatic rings. The SMILES string of the molecule is O=[N+]([O-])c1ccc(N/N=C\c2ccc(Cl)c(Cl)c2)nc1. The summed E-state index contributed by atoms with van der Waals surface area (Å²) >= 11 is 11.7. The van der Waals surface area contributed by atoms with Crippen LogP contribution in [0, 0.1) is 10.1 Å². The fourth-order valence-corrected chi connectivity index (χ4v) is 1.63. The van der Waals surface area contributed by atoms with Crippen molar-refractivity contribution in [2.24, 2.45) is 5.10 Å². The minimum absolute atomic E-state index is 0.0796. The minimum Gasteiger partial charge on any atom is -0.261 e. The molecular formula is C12H8Cl2N4O2. The number of aromatic nitrogens is 1. The molecule has 0 saturated heterocycles. The molecule has 0 fully saturated rings. The minimum atomic E-state index is -0.518. The van der Waals surface area contributed by atoms with Crippen molar-refractivity contribution < 1.29 is 4.92 Å². The van der Waals surface area contributed by atoms with Crippen molar-refractivity contribution >= 4 is 40.9 Å². The third-order valence-corrected chi connectivity index (χ3v) is 3.03. The maximum Gasteiger partial charge on any atom is 0.287 e. The van der Waals surface area contributed by atoms with Crippen LogP contribution in [-0.2, 0) is 0 Å². The van der Waals surface area contributed by atoms with Gasteiger partial charge in [0.1, 0.15) is 12.0 Å². The number of hydrazone groups is 1. The van der Waals surface area contributed by atoms with Crippen LogP contribution in [0.5, 0.6) is 0 Å².